The molecule has 2 heterocycles. The summed E-state index contributed by atoms with van der Waals surface area (Å²) >= 11 is 1.28. The monoisotopic (exact) mass is 267 g/mol. The van der Waals surface area contributed by atoms with Gasteiger partial charge in [-0.05, 0) is 25.3 Å². The molecule has 0 aromatic carbocycles. The van der Waals surface area contributed by atoms with Crippen molar-refractivity contribution in [2.75, 3.05) is 12.1 Å². The Kier molecular flexibility index (Phi) is 3.42. The average Bonchev–Trinajstić information content (AvgIpc) is 2.93. The van der Waals surface area contributed by atoms with Gasteiger partial charge in [-0.1, -0.05) is 5.22 Å². The Bertz CT molecular complexity index is 511. The molecular formula is C11H13N3O3S. The van der Waals surface area contributed by atoms with Crippen molar-refractivity contribution in [2.24, 2.45) is 10.3 Å². The van der Waals surface area contributed by atoms with Crippen LogP contribution in [-0.2, 0) is 9.53 Å². The first kappa shape index (κ1) is 12.7. The fourth-order valence-corrected chi connectivity index (χ4v) is 2.63. The van der Waals surface area contributed by atoms with Crippen molar-refractivity contribution in [3.63, 3.8) is 0 Å². The molecule has 1 aliphatic rings. The van der Waals surface area contributed by atoms with Gasteiger partial charge in [0.15, 0.2) is 11.8 Å². The minimum Gasteiger partial charge on any atom is -0.465 e. The van der Waals surface area contributed by atoms with E-state index in [1.54, 1.807) is 16.5 Å². The van der Waals surface area contributed by atoms with Gasteiger partial charge in [0.1, 0.15) is 4.88 Å². The Balaban J connectivity index is 2.29. The minimum atomic E-state index is -0.476. The largest absolute Gasteiger partial charge is 0.465 e. The van der Waals surface area contributed by atoms with Gasteiger partial charge in [-0.15, -0.1) is 11.3 Å². The molecule has 0 saturated carbocycles. The van der Waals surface area contributed by atoms with E-state index < -0.39 is 12.0 Å². The van der Waals surface area contributed by atoms with E-state index in [-0.39, 0.29) is 11.8 Å². The number of rotatable bonds is 3. The molecule has 0 N–H and O–H groups in total. The molecule has 1 aliphatic heterocycles. The highest BCUT2D eigenvalue weighted by molar-refractivity contribution is 7.12. The van der Waals surface area contributed by atoms with Crippen LogP contribution in [-0.4, -0.2) is 30.9 Å². The lowest BCUT2D eigenvalue weighted by Gasteiger charge is -2.20. The second-order valence-electron chi connectivity index (χ2n) is 3.97. The molecule has 0 bridgehead atoms. The van der Waals surface area contributed by atoms with E-state index in [1.807, 2.05) is 6.92 Å². The molecule has 0 spiro atoms. The number of esters is 1. The summed E-state index contributed by atoms with van der Waals surface area (Å²) in [6.07, 6.45) is 0. The van der Waals surface area contributed by atoms with Crippen LogP contribution in [0.25, 0.3) is 0 Å². The van der Waals surface area contributed by atoms with Crippen molar-refractivity contribution in [1.82, 2.24) is 0 Å². The lowest BCUT2D eigenvalue weighted by Crippen LogP contribution is -2.36. The van der Waals surface area contributed by atoms with Crippen LogP contribution in [0, 0.1) is 0 Å². The van der Waals surface area contributed by atoms with Gasteiger partial charge >= 0.3 is 5.97 Å². The van der Waals surface area contributed by atoms with Crippen molar-refractivity contribution in [3.8, 4) is 0 Å². The van der Waals surface area contributed by atoms with Crippen LogP contribution < -0.4 is 5.01 Å². The summed E-state index contributed by atoms with van der Waals surface area (Å²) < 4.78 is 4.71. The van der Waals surface area contributed by atoms with Crippen LogP contribution >= 0.6 is 11.3 Å². The molecule has 96 valence electrons. The zero-order valence-electron chi connectivity index (χ0n) is 10.3. The standard InChI is InChI=1S/C11H13N3O3S/c1-6-9(7(2)15)12-13-14(6)8-4-5-18-10(8)11(16)17-3/h4-6,9H,1-3H3. The fourth-order valence-electron chi connectivity index (χ4n) is 1.84. The number of ketones is 1. The Morgan fingerprint density at radius 3 is 2.78 bits per heavy atom. The molecule has 0 saturated heterocycles. The molecule has 1 aromatic rings. The maximum Gasteiger partial charge on any atom is 0.350 e. The third-order valence-corrected chi connectivity index (χ3v) is 3.68. The summed E-state index contributed by atoms with van der Waals surface area (Å²) in [5.41, 5.74) is 0.631. The van der Waals surface area contributed by atoms with Crippen LogP contribution in [0.3, 0.4) is 0 Å². The number of ether oxygens (including phenoxy) is 1. The molecule has 18 heavy (non-hydrogen) atoms. The van der Waals surface area contributed by atoms with Gasteiger partial charge in [0.2, 0.25) is 0 Å². The molecule has 1 aromatic heterocycles. The Hall–Kier alpha value is -1.76. The van der Waals surface area contributed by atoms with E-state index in [4.69, 9.17) is 4.74 Å². The smallest absolute Gasteiger partial charge is 0.350 e. The number of methoxy groups -OCH3 is 1. The summed E-state index contributed by atoms with van der Waals surface area (Å²) in [7, 11) is 1.33. The van der Waals surface area contributed by atoms with Crippen molar-refractivity contribution in [1.29, 1.82) is 0 Å². The first-order valence-electron chi connectivity index (χ1n) is 5.42. The quantitative estimate of drug-likeness (QED) is 0.786. The van der Waals surface area contributed by atoms with Crippen molar-refractivity contribution in [3.05, 3.63) is 16.3 Å². The molecule has 2 atom stereocenters. The summed E-state index contributed by atoms with van der Waals surface area (Å²) in [5, 5.41) is 11.3. The van der Waals surface area contributed by atoms with E-state index in [1.165, 1.54) is 25.4 Å². The summed E-state index contributed by atoms with van der Waals surface area (Å²) in [6, 6.07) is 1.10. The molecule has 0 aliphatic carbocycles. The van der Waals surface area contributed by atoms with Gasteiger partial charge in [0.05, 0.1) is 18.8 Å². The van der Waals surface area contributed by atoms with Gasteiger partial charge < -0.3 is 4.74 Å². The number of hydrogen-bond donors (Lipinski definition) is 0. The second-order valence-corrected chi connectivity index (χ2v) is 4.89. The minimum absolute atomic E-state index is 0.0383. The van der Waals surface area contributed by atoms with Gasteiger partial charge in [0.25, 0.3) is 0 Å². The fraction of sp³-hybridized carbons (Fsp3) is 0.455. The number of Topliss-reactive ketones (excluding diaryl/α,β-unsaturated/α-hetero) is 1. The molecule has 0 fully saturated rings. The highest BCUT2D eigenvalue weighted by atomic mass is 32.1. The zero-order valence-corrected chi connectivity index (χ0v) is 11.1. The predicted molar refractivity (Wildman–Crippen MR) is 66.9 cm³/mol. The van der Waals surface area contributed by atoms with E-state index in [0.717, 1.165) is 0 Å². The highest BCUT2D eigenvalue weighted by Crippen LogP contribution is 2.32. The maximum absolute atomic E-state index is 11.6. The van der Waals surface area contributed by atoms with Crippen LogP contribution in [0.15, 0.2) is 21.8 Å². The normalized spacial score (nSPS) is 22.3. The number of nitrogens with zero attached hydrogens (tertiary/aromatic N) is 3. The Morgan fingerprint density at radius 2 is 2.22 bits per heavy atom. The zero-order chi connectivity index (χ0) is 13.3. The molecule has 0 amide bonds. The number of anilines is 1. The highest BCUT2D eigenvalue weighted by Gasteiger charge is 2.35. The molecule has 2 unspecified atom stereocenters. The number of carbonyl (C=O) groups excluding carboxylic acids is 2. The molecule has 7 heteroatoms. The van der Waals surface area contributed by atoms with E-state index in [9.17, 15) is 9.59 Å². The van der Waals surface area contributed by atoms with Crippen molar-refractivity contribution in [2.45, 2.75) is 25.9 Å². The Morgan fingerprint density at radius 1 is 1.50 bits per heavy atom. The van der Waals surface area contributed by atoms with Crippen LogP contribution in [0.4, 0.5) is 5.69 Å². The van der Waals surface area contributed by atoms with Crippen molar-refractivity contribution >= 4 is 28.8 Å². The second kappa shape index (κ2) is 4.85. The van der Waals surface area contributed by atoms with E-state index in [0.29, 0.717) is 10.6 Å². The lowest BCUT2D eigenvalue weighted by molar-refractivity contribution is -0.118. The van der Waals surface area contributed by atoms with Crippen LogP contribution in [0.5, 0.6) is 0 Å². The van der Waals surface area contributed by atoms with E-state index >= 15 is 0 Å². The first-order chi connectivity index (χ1) is 8.56. The SMILES string of the molecule is COC(=O)c1sccc1N1N=NC(C(C)=O)C1C. The predicted octanol–water partition coefficient (Wildman–Crippen LogP) is 2.07. The average molecular weight is 267 g/mol. The van der Waals surface area contributed by atoms with Crippen LogP contribution in [0.2, 0.25) is 0 Å². The number of carbonyl (C=O) groups is 2. The molecular weight excluding hydrogens is 254 g/mol. The molecule has 6 nitrogen and oxygen atoms in total. The first-order valence-corrected chi connectivity index (χ1v) is 6.30. The molecule has 0 radical (unpaired) electrons. The van der Waals surface area contributed by atoms with Gasteiger partial charge in [-0.3, -0.25) is 4.79 Å². The lowest BCUT2D eigenvalue weighted by atomic mass is 10.1. The number of hydrogen-bond acceptors (Lipinski definition) is 7. The summed E-state index contributed by atoms with van der Waals surface area (Å²) in [4.78, 5) is 23.4. The maximum atomic E-state index is 11.6. The van der Waals surface area contributed by atoms with Crippen LogP contribution in [0.1, 0.15) is 23.5 Å². The summed E-state index contributed by atoms with van der Waals surface area (Å²) in [6.45, 7) is 3.34. The molecule has 2 rings (SSSR count). The topological polar surface area (TPSA) is 71.3 Å². The van der Waals surface area contributed by atoms with Gasteiger partial charge in [-0.25, -0.2) is 9.80 Å². The van der Waals surface area contributed by atoms with Gasteiger partial charge in [0, 0.05) is 0 Å². The van der Waals surface area contributed by atoms with E-state index in [2.05, 4.69) is 10.3 Å². The third-order valence-electron chi connectivity index (χ3n) is 2.79. The van der Waals surface area contributed by atoms with Gasteiger partial charge in [-0.2, -0.15) is 5.11 Å². The van der Waals surface area contributed by atoms with Crippen molar-refractivity contribution < 1.29 is 14.3 Å². The summed E-state index contributed by atoms with van der Waals surface area (Å²) in [5.74, 6) is -0.447. The number of thiophene rings is 1. The Labute approximate surface area is 108 Å². The third kappa shape index (κ3) is 2.01.